The van der Waals surface area contributed by atoms with Gasteiger partial charge < -0.3 is 10.6 Å². The molecule has 1 atom stereocenters. The SMILES string of the molecule is Cc1cc(N)cc(S(=O)(=O)NC(C)CCN(C)C)c1C. The predicted molar refractivity (Wildman–Crippen MR) is 83.3 cm³/mol. The largest absolute Gasteiger partial charge is 0.399 e. The molecule has 1 unspecified atom stereocenters. The molecule has 0 bridgehead atoms. The van der Waals surface area contributed by atoms with Crippen LogP contribution in [0.15, 0.2) is 17.0 Å². The number of nitrogens with two attached hydrogens (primary N) is 1. The zero-order chi connectivity index (χ0) is 15.5. The summed E-state index contributed by atoms with van der Waals surface area (Å²) >= 11 is 0. The lowest BCUT2D eigenvalue weighted by Crippen LogP contribution is -2.35. The van der Waals surface area contributed by atoms with Crippen LogP contribution in [0.3, 0.4) is 0 Å². The normalized spacial score (nSPS) is 13.7. The number of nitrogen functional groups attached to an aromatic ring is 1. The summed E-state index contributed by atoms with van der Waals surface area (Å²) in [6.07, 6.45) is 0.757. The van der Waals surface area contributed by atoms with Crippen LogP contribution >= 0.6 is 0 Å². The van der Waals surface area contributed by atoms with Gasteiger partial charge in [-0.15, -0.1) is 0 Å². The number of nitrogens with zero attached hydrogens (tertiary/aromatic N) is 1. The molecule has 0 aromatic heterocycles. The predicted octanol–water partition coefficient (Wildman–Crippen LogP) is 1.50. The van der Waals surface area contributed by atoms with Gasteiger partial charge in [-0.2, -0.15) is 0 Å². The van der Waals surface area contributed by atoms with Crippen molar-refractivity contribution in [1.29, 1.82) is 0 Å². The Labute approximate surface area is 122 Å². The topological polar surface area (TPSA) is 75.4 Å². The van der Waals surface area contributed by atoms with Crippen LogP contribution in [0, 0.1) is 13.8 Å². The van der Waals surface area contributed by atoms with Gasteiger partial charge in [-0.05, 0) is 71.1 Å². The Hall–Kier alpha value is -1.11. The van der Waals surface area contributed by atoms with Gasteiger partial charge in [0.2, 0.25) is 10.0 Å². The van der Waals surface area contributed by atoms with Crippen LogP contribution in [-0.2, 0) is 10.0 Å². The van der Waals surface area contributed by atoms with Gasteiger partial charge in [0.15, 0.2) is 0 Å². The number of hydrogen-bond acceptors (Lipinski definition) is 4. The van der Waals surface area contributed by atoms with Crippen LogP contribution < -0.4 is 10.5 Å². The van der Waals surface area contributed by atoms with E-state index < -0.39 is 10.0 Å². The molecule has 0 aliphatic heterocycles. The average Bonchev–Trinajstić information content (AvgIpc) is 2.30. The summed E-state index contributed by atoms with van der Waals surface area (Å²) in [6.45, 7) is 6.36. The summed E-state index contributed by atoms with van der Waals surface area (Å²) < 4.78 is 27.6. The number of nitrogens with one attached hydrogen (secondary N) is 1. The van der Waals surface area contributed by atoms with Crippen molar-refractivity contribution < 1.29 is 8.42 Å². The fourth-order valence-electron chi connectivity index (χ4n) is 1.97. The van der Waals surface area contributed by atoms with E-state index in [0.29, 0.717) is 5.69 Å². The second-order valence-electron chi connectivity index (χ2n) is 5.58. The maximum Gasteiger partial charge on any atom is 0.241 e. The molecule has 0 fully saturated rings. The Bertz CT molecular complexity index is 568. The minimum atomic E-state index is -3.53. The molecule has 0 spiro atoms. The number of rotatable bonds is 6. The first kappa shape index (κ1) is 16.9. The third-order valence-corrected chi connectivity index (χ3v) is 5.01. The van der Waals surface area contributed by atoms with Gasteiger partial charge >= 0.3 is 0 Å². The van der Waals surface area contributed by atoms with Gasteiger partial charge in [0.25, 0.3) is 0 Å². The highest BCUT2D eigenvalue weighted by atomic mass is 32.2. The van der Waals surface area contributed by atoms with Gasteiger partial charge in [-0.3, -0.25) is 0 Å². The highest BCUT2D eigenvalue weighted by Crippen LogP contribution is 2.22. The average molecular weight is 299 g/mol. The van der Waals surface area contributed by atoms with E-state index in [1.807, 2.05) is 32.8 Å². The van der Waals surface area contributed by atoms with Crippen molar-refractivity contribution in [2.45, 2.75) is 38.1 Å². The number of aryl methyl sites for hydroxylation is 1. The van der Waals surface area contributed by atoms with Crippen molar-refractivity contribution in [3.05, 3.63) is 23.3 Å². The van der Waals surface area contributed by atoms with E-state index in [1.54, 1.807) is 13.0 Å². The molecule has 5 nitrogen and oxygen atoms in total. The summed E-state index contributed by atoms with van der Waals surface area (Å²) in [5.41, 5.74) is 7.85. The summed E-state index contributed by atoms with van der Waals surface area (Å²) in [5.74, 6) is 0. The molecule has 0 radical (unpaired) electrons. The molecule has 1 aromatic carbocycles. The number of hydrogen-bond donors (Lipinski definition) is 2. The van der Waals surface area contributed by atoms with E-state index in [0.717, 1.165) is 24.1 Å². The third kappa shape index (κ3) is 4.47. The zero-order valence-electron chi connectivity index (χ0n) is 12.9. The highest BCUT2D eigenvalue weighted by Gasteiger charge is 2.20. The fourth-order valence-corrected chi connectivity index (χ4v) is 3.60. The molecule has 1 aromatic rings. The summed E-state index contributed by atoms with van der Waals surface area (Å²) in [7, 11) is 0.398. The van der Waals surface area contributed by atoms with Crippen LogP contribution in [0.1, 0.15) is 24.5 Å². The van der Waals surface area contributed by atoms with Crippen molar-refractivity contribution in [3.63, 3.8) is 0 Å². The Morgan fingerprint density at radius 2 is 1.90 bits per heavy atom. The van der Waals surface area contributed by atoms with E-state index in [1.165, 1.54) is 6.07 Å². The number of sulfonamides is 1. The number of anilines is 1. The minimum absolute atomic E-state index is 0.122. The Morgan fingerprint density at radius 3 is 2.45 bits per heavy atom. The smallest absolute Gasteiger partial charge is 0.241 e. The standard InChI is InChI=1S/C14H25N3O2S/c1-10-8-13(15)9-14(12(10)3)20(18,19)16-11(2)6-7-17(4)5/h8-9,11,16H,6-7,15H2,1-5H3. The van der Waals surface area contributed by atoms with Crippen LogP contribution in [0.4, 0.5) is 5.69 Å². The van der Waals surface area contributed by atoms with Crippen molar-refractivity contribution in [3.8, 4) is 0 Å². The lowest BCUT2D eigenvalue weighted by Gasteiger charge is -2.18. The molecule has 20 heavy (non-hydrogen) atoms. The Balaban J connectivity index is 2.94. The molecule has 0 saturated carbocycles. The molecule has 6 heteroatoms. The maximum atomic E-state index is 12.4. The quantitative estimate of drug-likeness (QED) is 0.781. The van der Waals surface area contributed by atoms with Gasteiger partial charge in [-0.1, -0.05) is 0 Å². The highest BCUT2D eigenvalue weighted by molar-refractivity contribution is 7.89. The first-order valence-electron chi connectivity index (χ1n) is 6.67. The van der Waals surface area contributed by atoms with Crippen molar-refractivity contribution >= 4 is 15.7 Å². The van der Waals surface area contributed by atoms with Gasteiger partial charge in [0.1, 0.15) is 0 Å². The molecule has 0 amide bonds. The Morgan fingerprint density at radius 1 is 1.30 bits per heavy atom. The monoisotopic (exact) mass is 299 g/mol. The molecule has 1 rings (SSSR count). The molecular weight excluding hydrogens is 274 g/mol. The molecule has 0 aliphatic carbocycles. The van der Waals surface area contributed by atoms with Crippen molar-refractivity contribution in [1.82, 2.24) is 9.62 Å². The minimum Gasteiger partial charge on any atom is -0.399 e. The molecule has 0 saturated heterocycles. The third-order valence-electron chi connectivity index (χ3n) is 3.30. The van der Waals surface area contributed by atoms with Crippen molar-refractivity contribution in [2.75, 3.05) is 26.4 Å². The second-order valence-corrected chi connectivity index (χ2v) is 7.26. The van der Waals surface area contributed by atoms with Gasteiger partial charge in [0, 0.05) is 11.7 Å². The second kappa shape index (κ2) is 6.56. The lowest BCUT2D eigenvalue weighted by molar-refractivity contribution is 0.379. The summed E-state index contributed by atoms with van der Waals surface area (Å²) in [6, 6.07) is 3.18. The lowest BCUT2D eigenvalue weighted by atomic mass is 10.1. The molecule has 0 aliphatic rings. The first-order chi connectivity index (χ1) is 9.13. The molecule has 0 heterocycles. The van der Waals surface area contributed by atoms with Crippen LogP contribution in [0.25, 0.3) is 0 Å². The van der Waals surface area contributed by atoms with Crippen molar-refractivity contribution in [2.24, 2.45) is 0 Å². The molecule has 3 N–H and O–H groups in total. The van der Waals surface area contributed by atoms with E-state index >= 15 is 0 Å². The van der Waals surface area contributed by atoms with Crippen LogP contribution in [-0.4, -0.2) is 40.0 Å². The first-order valence-corrected chi connectivity index (χ1v) is 8.15. The number of benzene rings is 1. The van der Waals surface area contributed by atoms with Crippen LogP contribution in [0.5, 0.6) is 0 Å². The summed E-state index contributed by atoms with van der Waals surface area (Å²) in [4.78, 5) is 2.30. The van der Waals surface area contributed by atoms with Gasteiger partial charge in [-0.25, -0.2) is 13.1 Å². The zero-order valence-corrected chi connectivity index (χ0v) is 13.7. The molecule has 114 valence electrons. The molecular formula is C14H25N3O2S. The Kier molecular flexibility index (Phi) is 5.56. The van der Waals surface area contributed by atoms with Crippen LogP contribution in [0.2, 0.25) is 0 Å². The summed E-state index contributed by atoms with van der Waals surface area (Å²) in [5, 5.41) is 0. The van der Waals surface area contributed by atoms with E-state index in [9.17, 15) is 8.42 Å². The van der Waals surface area contributed by atoms with E-state index in [-0.39, 0.29) is 10.9 Å². The maximum absolute atomic E-state index is 12.4. The fraction of sp³-hybridized carbons (Fsp3) is 0.571. The van der Waals surface area contributed by atoms with E-state index in [2.05, 4.69) is 4.72 Å². The van der Waals surface area contributed by atoms with E-state index in [4.69, 9.17) is 5.73 Å². The van der Waals surface area contributed by atoms with Gasteiger partial charge in [0.05, 0.1) is 4.90 Å².